The molecule has 4 nitrogen and oxygen atoms in total. The normalized spacial score (nSPS) is 22.0. The summed E-state index contributed by atoms with van der Waals surface area (Å²) in [5, 5.41) is 0. The van der Waals surface area contributed by atoms with Crippen molar-refractivity contribution in [3.63, 3.8) is 0 Å². The number of ether oxygens (including phenoxy) is 2. The standard InChI is InChI=1S/C16H22NO3.BrH/c1-17(11-5-4-6-12-17)15(16(18)20-3)13-7-9-14(19-2)10-8-13;/h4-5,7-10,15H,6,11-12H2,1-3H3;1H/q+1;/p-1. The van der Waals surface area contributed by atoms with E-state index in [1.54, 1.807) is 7.11 Å². The molecule has 0 radical (unpaired) electrons. The summed E-state index contributed by atoms with van der Waals surface area (Å²) in [7, 11) is 5.19. The third-order valence-corrected chi connectivity index (χ3v) is 3.98. The Labute approximate surface area is 136 Å². The molecule has 1 aromatic carbocycles. The van der Waals surface area contributed by atoms with Gasteiger partial charge in [0.05, 0.1) is 34.4 Å². The van der Waals surface area contributed by atoms with E-state index in [1.807, 2.05) is 24.3 Å². The molecule has 1 aliphatic rings. The molecule has 5 heteroatoms. The average Bonchev–Trinajstić information content (AvgIpc) is 2.48. The van der Waals surface area contributed by atoms with Crippen LogP contribution in [0.2, 0.25) is 0 Å². The maximum atomic E-state index is 12.3. The van der Waals surface area contributed by atoms with Crippen molar-refractivity contribution in [1.29, 1.82) is 0 Å². The number of hydrogen-bond donors (Lipinski definition) is 0. The number of carbonyl (C=O) groups excluding carboxylic acids is 1. The van der Waals surface area contributed by atoms with E-state index in [0.29, 0.717) is 4.48 Å². The van der Waals surface area contributed by atoms with Crippen molar-refractivity contribution in [2.24, 2.45) is 0 Å². The van der Waals surface area contributed by atoms with E-state index in [0.717, 1.165) is 30.8 Å². The summed E-state index contributed by atoms with van der Waals surface area (Å²) < 4.78 is 10.9. The van der Waals surface area contributed by atoms with Gasteiger partial charge in [0.15, 0.2) is 0 Å². The number of likely N-dealkylation sites (N-methyl/N-ethyl adjacent to an activating group) is 1. The SMILES string of the molecule is COC(=O)C(c1ccc(OC)cc1)[N+]1(C)CC=CCC1.[Br-]. The minimum Gasteiger partial charge on any atom is -1.00 e. The molecule has 0 amide bonds. The summed E-state index contributed by atoms with van der Waals surface area (Å²) in [4.78, 5) is 12.3. The number of esters is 1. The molecule has 2 atom stereocenters. The molecule has 0 aliphatic carbocycles. The smallest absolute Gasteiger partial charge is 0.369 e. The van der Waals surface area contributed by atoms with E-state index in [-0.39, 0.29) is 29.0 Å². The van der Waals surface area contributed by atoms with Crippen molar-refractivity contribution in [3.05, 3.63) is 42.0 Å². The van der Waals surface area contributed by atoms with Gasteiger partial charge in [-0.05, 0) is 30.3 Å². The lowest BCUT2D eigenvalue weighted by Crippen LogP contribution is -3.00. The van der Waals surface area contributed by atoms with E-state index in [2.05, 4.69) is 19.2 Å². The Kier molecular flexibility index (Phi) is 6.42. The molecule has 0 saturated heterocycles. The second-order valence-corrected chi connectivity index (χ2v) is 5.34. The zero-order chi connectivity index (χ0) is 14.6. The topological polar surface area (TPSA) is 35.5 Å². The first-order valence-corrected chi connectivity index (χ1v) is 6.82. The van der Waals surface area contributed by atoms with Gasteiger partial charge < -0.3 is 30.9 Å². The Morgan fingerprint density at radius 1 is 1.19 bits per heavy atom. The second kappa shape index (κ2) is 7.61. The van der Waals surface area contributed by atoms with Crippen LogP contribution in [0.25, 0.3) is 0 Å². The van der Waals surface area contributed by atoms with E-state index in [4.69, 9.17) is 9.47 Å². The number of halogens is 1. The quantitative estimate of drug-likeness (QED) is 0.408. The lowest BCUT2D eigenvalue weighted by atomic mass is 10.0. The monoisotopic (exact) mass is 355 g/mol. The first-order chi connectivity index (χ1) is 9.60. The third-order valence-electron chi connectivity index (χ3n) is 3.98. The predicted octanol–water partition coefficient (Wildman–Crippen LogP) is -0.680. The molecule has 1 aliphatic heterocycles. The molecule has 0 N–H and O–H groups in total. The molecule has 2 unspecified atom stereocenters. The van der Waals surface area contributed by atoms with Gasteiger partial charge in [-0.25, -0.2) is 4.79 Å². The van der Waals surface area contributed by atoms with Crippen LogP contribution < -0.4 is 21.7 Å². The third kappa shape index (κ3) is 3.86. The zero-order valence-electron chi connectivity index (χ0n) is 12.7. The molecule has 1 aromatic rings. The summed E-state index contributed by atoms with van der Waals surface area (Å²) in [6, 6.07) is 7.37. The number of nitrogens with zero attached hydrogens (tertiary/aromatic N) is 1. The van der Waals surface area contributed by atoms with Crippen molar-refractivity contribution >= 4 is 5.97 Å². The number of carbonyl (C=O) groups is 1. The minimum absolute atomic E-state index is 0. The van der Waals surface area contributed by atoms with Gasteiger partial charge in [0, 0.05) is 12.0 Å². The highest BCUT2D eigenvalue weighted by Crippen LogP contribution is 2.31. The Morgan fingerprint density at radius 2 is 1.86 bits per heavy atom. The molecular formula is C16H22BrNO3. The van der Waals surface area contributed by atoms with Gasteiger partial charge >= 0.3 is 5.97 Å². The van der Waals surface area contributed by atoms with Gasteiger partial charge in [-0.1, -0.05) is 6.08 Å². The maximum absolute atomic E-state index is 12.3. The van der Waals surface area contributed by atoms with Crippen LogP contribution in [0.3, 0.4) is 0 Å². The summed E-state index contributed by atoms with van der Waals surface area (Å²) in [5.41, 5.74) is 0.968. The average molecular weight is 356 g/mol. The van der Waals surface area contributed by atoms with Gasteiger partial charge in [-0.2, -0.15) is 0 Å². The Balaban J connectivity index is 0.00000220. The van der Waals surface area contributed by atoms with Crippen molar-refractivity contribution in [2.45, 2.75) is 12.5 Å². The Morgan fingerprint density at radius 3 is 2.33 bits per heavy atom. The number of hydrogen-bond acceptors (Lipinski definition) is 3. The first kappa shape index (κ1) is 17.7. The molecule has 0 fully saturated rings. The zero-order valence-corrected chi connectivity index (χ0v) is 14.3. The molecule has 0 aromatic heterocycles. The second-order valence-electron chi connectivity index (χ2n) is 5.34. The van der Waals surface area contributed by atoms with Crippen LogP contribution in [-0.2, 0) is 9.53 Å². The molecular weight excluding hydrogens is 334 g/mol. The van der Waals surface area contributed by atoms with Crippen molar-refractivity contribution in [1.82, 2.24) is 0 Å². The lowest BCUT2D eigenvalue weighted by molar-refractivity contribution is -0.926. The number of benzene rings is 1. The summed E-state index contributed by atoms with van der Waals surface area (Å²) in [6.45, 7) is 1.77. The van der Waals surface area contributed by atoms with Crippen molar-refractivity contribution in [2.75, 3.05) is 34.4 Å². The molecule has 116 valence electrons. The highest BCUT2D eigenvalue weighted by molar-refractivity contribution is 5.76. The van der Waals surface area contributed by atoms with Crippen LogP contribution in [0.4, 0.5) is 0 Å². The van der Waals surface area contributed by atoms with Gasteiger partial charge in [0.1, 0.15) is 5.75 Å². The van der Waals surface area contributed by atoms with E-state index >= 15 is 0 Å². The van der Waals surface area contributed by atoms with Crippen molar-refractivity contribution < 1.29 is 35.7 Å². The van der Waals surface area contributed by atoms with Crippen LogP contribution >= 0.6 is 0 Å². The van der Waals surface area contributed by atoms with Crippen LogP contribution in [0.1, 0.15) is 18.0 Å². The number of rotatable bonds is 4. The van der Waals surface area contributed by atoms with E-state index in [9.17, 15) is 4.79 Å². The van der Waals surface area contributed by atoms with Gasteiger partial charge in [0.2, 0.25) is 6.04 Å². The van der Waals surface area contributed by atoms with E-state index < -0.39 is 0 Å². The minimum atomic E-state index is -0.296. The first-order valence-electron chi connectivity index (χ1n) is 6.82. The number of methoxy groups -OCH3 is 2. The van der Waals surface area contributed by atoms with Gasteiger partial charge in [0.25, 0.3) is 0 Å². The summed E-state index contributed by atoms with van der Waals surface area (Å²) >= 11 is 0. The van der Waals surface area contributed by atoms with Crippen LogP contribution in [0.5, 0.6) is 5.75 Å². The van der Waals surface area contributed by atoms with E-state index in [1.165, 1.54) is 7.11 Å². The highest BCUT2D eigenvalue weighted by atomic mass is 79.9. The molecule has 2 rings (SSSR count). The van der Waals surface area contributed by atoms with Gasteiger partial charge in [-0.15, -0.1) is 0 Å². The largest absolute Gasteiger partial charge is 1.00 e. The predicted molar refractivity (Wildman–Crippen MR) is 77.4 cm³/mol. The number of quaternary nitrogens is 1. The molecule has 0 spiro atoms. The molecule has 0 bridgehead atoms. The lowest BCUT2D eigenvalue weighted by Gasteiger charge is -2.40. The summed E-state index contributed by atoms with van der Waals surface area (Å²) in [5.74, 6) is 0.603. The molecule has 1 heterocycles. The van der Waals surface area contributed by atoms with Crippen LogP contribution in [0.15, 0.2) is 36.4 Å². The van der Waals surface area contributed by atoms with Crippen LogP contribution in [0, 0.1) is 0 Å². The Bertz CT molecular complexity index is 501. The Hall–Kier alpha value is -1.33. The fraction of sp³-hybridized carbons (Fsp3) is 0.438. The van der Waals surface area contributed by atoms with Crippen molar-refractivity contribution in [3.8, 4) is 5.75 Å². The fourth-order valence-corrected chi connectivity index (χ4v) is 2.78. The summed E-state index contributed by atoms with van der Waals surface area (Å²) in [6.07, 6.45) is 5.30. The molecule has 0 saturated carbocycles. The molecule has 21 heavy (non-hydrogen) atoms. The maximum Gasteiger partial charge on any atom is 0.369 e. The van der Waals surface area contributed by atoms with Gasteiger partial charge in [-0.3, -0.25) is 0 Å². The highest BCUT2D eigenvalue weighted by Gasteiger charge is 2.40. The fourth-order valence-electron chi connectivity index (χ4n) is 2.78. The van der Waals surface area contributed by atoms with Crippen LogP contribution in [-0.4, -0.2) is 44.8 Å².